The van der Waals surface area contributed by atoms with Crippen LogP contribution in [0.3, 0.4) is 0 Å². The van der Waals surface area contributed by atoms with Crippen LogP contribution in [-0.2, 0) is 30.4 Å². The van der Waals surface area contributed by atoms with Gasteiger partial charge in [0.25, 0.3) is 5.91 Å². The fourth-order valence-electron chi connectivity index (χ4n) is 4.40. The number of hydrogen-bond acceptors (Lipinski definition) is 3. The monoisotopic (exact) mass is 517 g/mol. The first-order valence-corrected chi connectivity index (χ1v) is 11.5. The van der Waals surface area contributed by atoms with Crippen molar-refractivity contribution in [2.75, 3.05) is 6.54 Å². The minimum absolute atomic E-state index is 0.180. The lowest BCUT2D eigenvalue weighted by molar-refractivity contribution is -0.139. The van der Waals surface area contributed by atoms with Crippen molar-refractivity contribution in [3.05, 3.63) is 99.6 Å². The number of nitrogens with zero attached hydrogens (tertiary/aromatic N) is 1. The average Bonchev–Trinajstić information content (AvgIpc) is 3.14. The predicted octanol–water partition coefficient (Wildman–Crippen LogP) is 6.02. The van der Waals surface area contributed by atoms with E-state index in [2.05, 4.69) is 0 Å². The van der Waals surface area contributed by atoms with Gasteiger partial charge in [-0.3, -0.25) is 9.59 Å². The Bertz CT molecular complexity index is 1290. The van der Waals surface area contributed by atoms with Crippen molar-refractivity contribution in [1.82, 2.24) is 4.90 Å². The van der Waals surface area contributed by atoms with Crippen molar-refractivity contribution < 1.29 is 32.6 Å². The fourth-order valence-corrected chi connectivity index (χ4v) is 4.52. The molecule has 9 heteroatoms. The second-order valence-corrected chi connectivity index (χ2v) is 9.54. The van der Waals surface area contributed by atoms with Crippen LogP contribution in [0.5, 0.6) is 5.75 Å². The highest BCUT2D eigenvalue weighted by molar-refractivity contribution is 6.30. The fraction of sp³-hybridized carbons (Fsp3) is 0.259. The van der Waals surface area contributed by atoms with Gasteiger partial charge in [-0.05, 0) is 66.1 Å². The maximum atomic E-state index is 13.2. The molecule has 1 amide bonds. The van der Waals surface area contributed by atoms with E-state index in [1.165, 1.54) is 18.2 Å². The number of rotatable bonds is 7. The third-order valence-electron chi connectivity index (χ3n) is 5.96. The van der Waals surface area contributed by atoms with Gasteiger partial charge in [0.15, 0.2) is 0 Å². The molecule has 5 nitrogen and oxygen atoms in total. The van der Waals surface area contributed by atoms with E-state index in [-0.39, 0.29) is 17.7 Å². The molecule has 1 atom stereocenters. The summed E-state index contributed by atoms with van der Waals surface area (Å²) < 4.78 is 45.4. The lowest BCUT2D eigenvalue weighted by Crippen LogP contribution is -2.35. The van der Waals surface area contributed by atoms with Crippen molar-refractivity contribution in [2.45, 2.75) is 38.1 Å². The van der Waals surface area contributed by atoms with E-state index in [0.29, 0.717) is 23.6 Å². The van der Waals surface area contributed by atoms with E-state index < -0.39 is 35.8 Å². The van der Waals surface area contributed by atoms with E-state index in [0.717, 1.165) is 28.2 Å². The number of alkyl halides is 3. The highest BCUT2D eigenvalue weighted by atomic mass is 35.5. The molecule has 188 valence electrons. The number of halogens is 4. The molecule has 0 aliphatic carbocycles. The Kier molecular flexibility index (Phi) is 7.00. The number of ether oxygens (including phenoxy) is 1. The van der Waals surface area contributed by atoms with Gasteiger partial charge in [0.1, 0.15) is 17.9 Å². The third kappa shape index (κ3) is 5.99. The summed E-state index contributed by atoms with van der Waals surface area (Å²) in [5, 5.41) is 9.96. The van der Waals surface area contributed by atoms with Crippen LogP contribution in [0.25, 0.3) is 0 Å². The Hall–Kier alpha value is -3.52. The smallest absolute Gasteiger partial charge is 0.416 e. The molecule has 0 saturated heterocycles. The number of amides is 1. The third-order valence-corrected chi connectivity index (χ3v) is 6.21. The first-order chi connectivity index (χ1) is 16.9. The zero-order valence-corrected chi connectivity index (χ0v) is 20.1. The van der Waals surface area contributed by atoms with Gasteiger partial charge in [0.05, 0.1) is 5.56 Å². The number of carboxylic acids is 1. The molecule has 0 saturated carbocycles. The molecule has 0 fully saturated rings. The van der Waals surface area contributed by atoms with E-state index >= 15 is 0 Å². The van der Waals surface area contributed by atoms with E-state index in [4.69, 9.17) is 16.3 Å². The lowest BCUT2D eigenvalue weighted by Gasteiger charge is -2.24. The lowest BCUT2D eigenvalue weighted by atomic mass is 9.91. The number of carbonyl (C=O) groups excluding carboxylic acids is 1. The van der Waals surface area contributed by atoms with Gasteiger partial charge in [-0.15, -0.1) is 0 Å². The molecule has 0 spiro atoms. The quantitative estimate of drug-likeness (QED) is 0.416. The Labute approximate surface area is 211 Å². The average molecular weight is 518 g/mol. The van der Waals surface area contributed by atoms with Gasteiger partial charge in [0, 0.05) is 30.0 Å². The first-order valence-electron chi connectivity index (χ1n) is 11.2. The largest absolute Gasteiger partial charge is 0.487 e. The van der Waals surface area contributed by atoms with Crippen molar-refractivity contribution >= 4 is 23.5 Å². The second-order valence-electron chi connectivity index (χ2n) is 9.11. The minimum Gasteiger partial charge on any atom is -0.487 e. The molecule has 1 aliphatic heterocycles. The highest BCUT2D eigenvalue weighted by Crippen LogP contribution is 2.38. The second kappa shape index (κ2) is 9.85. The first kappa shape index (κ1) is 25.6. The van der Waals surface area contributed by atoms with Crippen LogP contribution in [0.2, 0.25) is 5.02 Å². The van der Waals surface area contributed by atoms with Crippen LogP contribution in [0.15, 0.2) is 66.7 Å². The molecule has 1 aliphatic rings. The number of carbonyl (C=O) groups is 2. The Morgan fingerprint density at radius 3 is 2.44 bits per heavy atom. The summed E-state index contributed by atoms with van der Waals surface area (Å²) in [7, 11) is 0. The van der Waals surface area contributed by atoms with Crippen LogP contribution in [-0.4, -0.2) is 34.0 Å². The van der Waals surface area contributed by atoms with Gasteiger partial charge in [-0.25, -0.2) is 0 Å². The molecule has 0 radical (unpaired) electrons. The standard InChI is InChI=1S/C27H23ClF3NO4/c1-26(13-17-5-8-22(28)9-6-17)14-20-12-19(7-10-23(20)36-26)25(35)32(16-24(33)34)15-18-3-2-4-21(11-18)27(29,30)31/h2-12H,13-16H2,1H3,(H,33,34)/t26-/m0/s1. The molecule has 0 bridgehead atoms. The Morgan fingerprint density at radius 1 is 1.06 bits per heavy atom. The van der Waals surface area contributed by atoms with E-state index in [1.54, 1.807) is 24.3 Å². The summed E-state index contributed by atoms with van der Waals surface area (Å²) >= 11 is 5.96. The topological polar surface area (TPSA) is 66.8 Å². The van der Waals surface area contributed by atoms with Gasteiger partial charge in [0.2, 0.25) is 0 Å². The van der Waals surface area contributed by atoms with Gasteiger partial charge in [-0.1, -0.05) is 35.9 Å². The number of fused-ring (bicyclic) bond motifs is 1. The van der Waals surface area contributed by atoms with Crippen molar-refractivity contribution in [1.29, 1.82) is 0 Å². The van der Waals surface area contributed by atoms with Crippen LogP contribution < -0.4 is 4.74 Å². The predicted molar refractivity (Wildman–Crippen MR) is 128 cm³/mol. The number of carboxylic acid groups (broad SMARTS) is 1. The number of hydrogen-bond donors (Lipinski definition) is 1. The van der Waals surface area contributed by atoms with Gasteiger partial charge < -0.3 is 14.7 Å². The van der Waals surface area contributed by atoms with Crippen LogP contribution in [0, 0.1) is 0 Å². The summed E-state index contributed by atoms with van der Waals surface area (Å²) in [5.74, 6) is -1.23. The van der Waals surface area contributed by atoms with Crippen LogP contribution in [0.4, 0.5) is 13.2 Å². The number of benzene rings is 3. The Morgan fingerprint density at radius 2 is 1.78 bits per heavy atom. The zero-order chi connectivity index (χ0) is 26.1. The molecule has 3 aromatic rings. The highest BCUT2D eigenvalue weighted by Gasteiger charge is 2.36. The van der Waals surface area contributed by atoms with E-state index in [9.17, 15) is 27.9 Å². The minimum atomic E-state index is -4.55. The molecule has 3 aromatic carbocycles. The molecular formula is C27H23ClF3NO4. The summed E-state index contributed by atoms with van der Waals surface area (Å²) in [6, 6.07) is 16.8. The molecule has 0 unspecified atom stereocenters. The maximum absolute atomic E-state index is 13.2. The van der Waals surface area contributed by atoms with Crippen LogP contribution in [0.1, 0.15) is 39.5 Å². The van der Waals surface area contributed by atoms with Gasteiger partial charge >= 0.3 is 12.1 Å². The summed E-state index contributed by atoms with van der Waals surface area (Å²) in [6.07, 6.45) is -3.41. The SMILES string of the molecule is C[C@]1(Cc2ccc(Cl)cc2)Cc2cc(C(=O)N(CC(=O)O)Cc3cccc(C(F)(F)F)c3)ccc2O1. The zero-order valence-electron chi connectivity index (χ0n) is 19.3. The Balaban J connectivity index is 1.53. The summed E-state index contributed by atoms with van der Waals surface area (Å²) in [4.78, 5) is 25.7. The van der Waals surface area contributed by atoms with Crippen molar-refractivity contribution in [3.63, 3.8) is 0 Å². The van der Waals surface area contributed by atoms with Crippen molar-refractivity contribution in [2.24, 2.45) is 0 Å². The maximum Gasteiger partial charge on any atom is 0.416 e. The van der Waals surface area contributed by atoms with Crippen molar-refractivity contribution in [3.8, 4) is 5.75 Å². The molecular weight excluding hydrogens is 495 g/mol. The molecule has 1 heterocycles. The number of aliphatic carboxylic acids is 1. The molecule has 1 N–H and O–H groups in total. The molecule has 36 heavy (non-hydrogen) atoms. The summed E-state index contributed by atoms with van der Waals surface area (Å²) in [6.45, 7) is 1.03. The van der Waals surface area contributed by atoms with Crippen LogP contribution >= 0.6 is 11.6 Å². The molecule has 4 rings (SSSR count). The normalized spacial score (nSPS) is 16.8. The van der Waals surface area contributed by atoms with E-state index in [1.807, 2.05) is 19.1 Å². The molecule has 0 aromatic heterocycles. The van der Waals surface area contributed by atoms with Gasteiger partial charge in [-0.2, -0.15) is 13.2 Å². The summed E-state index contributed by atoms with van der Waals surface area (Å²) in [5.41, 5.74) is 0.848.